The largest absolute Gasteiger partial charge is 0.337 e. The molecule has 8 heteroatoms. The van der Waals surface area contributed by atoms with E-state index in [2.05, 4.69) is 0 Å². The van der Waals surface area contributed by atoms with Gasteiger partial charge >= 0.3 is 0 Å². The fourth-order valence-corrected chi connectivity index (χ4v) is 5.87. The van der Waals surface area contributed by atoms with Crippen LogP contribution in [0.5, 0.6) is 0 Å². The lowest BCUT2D eigenvalue weighted by Crippen LogP contribution is -2.31. The predicted molar refractivity (Wildman–Crippen MR) is 99.6 cm³/mol. The van der Waals surface area contributed by atoms with Crippen molar-refractivity contribution in [2.45, 2.75) is 24.3 Å². The van der Waals surface area contributed by atoms with E-state index in [1.807, 2.05) is 12.1 Å². The topological polar surface area (TPSA) is 57.7 Å². The molecule has 1 aliphatic rings. The summed E-state index contributed by atoms with van der Waals surface area (Å²) in [4.78, 5) is 14.7. The molecular formula is C17H19ClN2O3S2. The Morgan fingerprint density at radius 3 is 2.48 bits per heavy atom. The molecule has 0 saturated carbocycles. The second-order valence-electron chi connectivity index (χ2n) is 6.01. The van der Waals surface area contributed by atoms with Gasteiger partial charge in [-0.2, -0.15) is 4.31 Å². The molecule has 1 amide bonds. The number of hydrogen-bond donors (Lipinski definition) is 0. The monoisotopic (exact) mass is 398 g/mol. The molecular weight excluding hydrogens is 380 g/mol. The number of sulfonamides is 1. The zero-order chi connectivity index (χ0) is 18.0. The van der Waals surface area contributed by atoms with Crippen LogP contribution in [-0.2, 0) is 16.6 Å². The fourth-order valence-electron chi connectivity index (χ4n) is 2.83. The lowest BCUT2D eigenvalue weighted by Gasteiger charge is -2.19. The van der Waals surface area contributed by atoms with Gasteiger partial charge in [-0.05, 0) is 42.0 Å². The van der Waals surface area contributed by atoms with Crippen molar-refractivity contribution in [3.05, 3.63) is 51.2 Å². The van der Waals surface area contributed by atoms with Gasteiger partial charge in [-0.25, -0.2) is 8.42 Å². The molecule has 0 aliphatic carbocycles. The molecule has 134 valence electrons. The predicted octanol–water partition coefficient (Wildman–Crippen LogP) is 3.46. The zero-order valence-corrected chi connectivity index (χ0v) is 16.2. The molecule has 1 fully saturated rings. The molecule has 5 nitrogen and oxygen atoms in total. The molecule has 1 aliphatic heterocycles. The molecule has 2 aromatic rings. The van der Waals surface area contributed by atoms with Crippen molar-refractivity contribution in [3.8, 4) is 0 Å². The highest BCUT2D eigenvalue weighted by molar-refractivity contribution is 7.89. The summed E-state index contributed by atoms with van der Waals surface area (Å²) in [6.45, 7) is 1.43. The lowest BCUT2D eigenvalue weighted by molar-refractivity contribution is 0.0786. The van der Waals surface area contributed by atoms with Crippen molar-refractivity contribution >= 4 is 38.9 Å². The molecule has 0 atom stereocenters. The summed E-state index contributed by atoms with van der Waals surface area (Å²) in [5.74, 6) is -0.289. The van der Waals surface area contributed by atoms with Crippen molar-refractivity contribution in [2.24, 2.45) is 0 Å². The third kappa shape index (κ3) is 3.89. The quantitative estimate of drug-likeness (QED) is 0.774. The van der Waals surface area contributed by atoms with Crippen molar-refractivity contribution in [1.82, 2.24) is 9.21 Å². The number of benzene rings is 1. The second-order valence-corrected chi connectivity index (χ2v) is 9.27. The van der Waals surface area contributed by atoms with E-state index in [-0.39, 0.29) is 15.7 Å². The Hall–Kier alpha value is -1.41. The van der Waals surface area contributed by atoms with Crippen LogP contribution in [0.15, 0.2) is 40.6 Å². The minimum atomic E-state index is -3.60. The summed E-state index contributed by atoms with van der Waals surface area (Å²) in [5.41, 5.74) is 0.931. The normalized spacial score (nSPS) is 15.4. The van der Waals surface area contributed by atoms with Crippen molar-refractivity contribution in [2.75, 3.05) is 20.1 Å². The average molecular weight is 399 g/mol. The van der Waals surface area contributed by atoms with Gasteiger partial charge in [0.15, 0.2) is 0 Å². The van der Waals surface area contributed by atoms with E-state index in [1.54, 1.807) is 24.6 Å². The Bertz CT molecular complexity index is 856. The fraction of sp³-hybridized carbons (Fsp3) is 0.353. The van der Waals surface area contributed by atoms with Crippen molar-refractivity contribution < 1.29 is 13.2 Å². The third-order valence-corrected chi connectivity index (χ3v) is 7.41. The Kier molecular flexibility index (Phi) is 5.48. The van der Waals surface area contributed by atoms with Gasteiger partial charge in [0, 0.05) is 31.7 Å². The molecule has 2 heterocycles. The molecule has 0 bridgehead atoms. The van der Waals surface area contributed by atoms with Crippen LogP contribution in [-0.4, -0.2) is 43.7 Å². The number of amides is 1. The van der Waals surface area contributed by atoms with Gasteiger partial charge in [-0.3, -0.25) is 4.79 Å². The molecule has 0 spiro atoms. The minimum absolute atomic E-state index is 0.118. The van der Waals surface area contributed by atoms with E-state index in [0.717, 1.165) is 18.4 Å². The molecule has 3 rings (SSSR count). The smallest absolute Gasteiger partial charge is 0.265 e. The maximum Gasteiger partial charge on any atom is 0.265 e. The van der Waals surface area contributed by atoms with E-state index in [0.29, 0.717) is 24.7 Å². The van der Waals surface area contributed by atoms with E-state index in [4.69, 9.17) is 11.6 Å². The Labute approximate surface area is 156 Å². The van der Waals surface area contributed by atoms with Gasteiger partial charge in [0.1, 0.15) is 9.77 Å². The third-order valence-electron chi connectivity index (χ3n) is 4.19. The molecule has 25 heavy (non-hydrogen) atoms. The first-order chi connectivity index (χ1) is 11.9. The average Bonchev–Trinajstić information content (AvgIpc) is 3.28. The zero-order valence-electron chi connectivity index (χ0n) is 13.8. The Balaban J connectivity index is 1.81. The van der Waals surface area contributed by atoms with Gasteiger partial charge < -0.3 is 4.90 Å². The first-order valence-corrected chi connectivity index (χ1v) is 10.7. The first kappa shape index (κ1) is 18.4. The van der Waals surface area contributed by atoms with Crippen LogP contribution in [0.25, 0.3) is 0 Å². The Morgan fingerprint density at radius 1 is 1.20 bits per heavy atom. The maximum atomic E-state index is 12.8. The number of nitrogens with zero attached hydrogens (tertiary/aromatic N) is 2. The highest BCUT2D eigenvalue weighted by atomic mass is 35.5. The maximum absolute atomic E-state index is 12.8. The van der Waals surface area contributed by atoms with Crippen LogP contribution >= 0.6 is 22.9 Å². The summed E-state index contributed by atoms with van der Waals surface area (Å²) >= 11 is 7.04. The molecule has 0 radical (unpaired) electrons. The molecule has 0 unspecified atom stereocenters. The molecule has 1 saturated heterocycles. The molecule has 0 N–H and O–H groups in total. The van der Waals surface area contributed by atoms with Crippen molar-refractivity contribution in [3.63, 3.8) is 0 Å². The van der Waals surface area contributed by atoms with E-state index in [9.17, 15) is 13.2 Å². The lowest BCUT2D eigenvalue weighted by atomic mass is 10.2. The van der Waals surface area contributed by atoms with Crippen LogP contribution in [0.3, 0.4) is 0 Å². The van der Waals surface area contributed by atoms with Crippen LogP contribution in [0, 0.1) is 0 Å². The van der Waals surface area contributed by atoms with Gasteiger partial charge in [0.25, 0.3) is 5.91 Å². The summed E-state index contributed by atoms with van der Waals surface area (Å²) in [6, 6.07) is 8.76. The first-order valence-electron chi connectivity index (χ1n) is 7.97. The van der Waals surface area contributed by atoms with Gasteiger partial charge in [-0.15, -0.1) is 11.3 Å². The van der Waals surface area contributed by atoms with E-state index in [1.165, 1.54) is 26.6 Å². The summed E-state index contributed by atoms with van der Waals surface area (Å²) < 4.78 is 27.0. The highest BCUT2D eigenvalue weighted by Gasteiger charge is 2.32. The summed E-state index contributed by atoms with van der Waals surface area (Å²) in [5, 5.41) is 2.29. The van der Waals surface area contributed by atoms with Crippen LogP contribution in [0.1, 0.15) is 28.1 Å². The molecule has 1 aromatic heterocycles. The number of hydrogen-bond acceptors (Lipinski definition) is 4. The molecule has 1 aromatic carbocycles. The van der Waals surface area contributed by atoms with Crippen LogP contribution < -0.4 is 0 Å². The number of halogens is 1. The number of rotatable bonds is 5. The van der Waals surface area contributed by atoms with Crippen LogP contribution in [0.2, 0.25) is 5.02 Å². The SMILES string of the molecule is CN(Cc1ccc(Cl)cc1)C(=O)c1sccc1S(=O)(=O)N1CCCC1. The number of carbonyl (C=O) groups is 1. The van der Waals surface area contributed by atoms with Crippen LogP contribution in [0.4, 0.5) is 0 Å². The highest BCUT2D eigenvalue weighted by Crippen LogP contribution is 2.28. The standard InChI is InChI=1S/C17H19ClN2O3S2/c1-19(12-13-4-6-14(18)7-5-13)17(21)16-15(8-11-24-16)25(22,23)20-9-2-3-10-20/h4-8,11H,2-3,9-10,12H2,1H3. The van der Waals surface area contributed by atoms with E-state index >= 15 is 0 Å². The second kappa shape index (κ2) is 7.45. The summed E-state index contributed by atoms with van der Waals surface area (Å²) in [6.07, 6.45) is 1.73. The minimum Gasteiger partial charge on any atom is -0.337 e. The number of carbonyl (C=O) groups excluding carboxylic acids is 1. The van der Waals surface area contributed by atoms with Gasteiger partial charge in [0.05, 0.1) is 0 Å². The Morgan fingerprint density at radius 2 is 1.84 bits per heavy atom. The summed E-state index contributed by atoms with van der Waals surface area (Å²) in [7, 11) is -1.93. The number of thiophene rings is 1. The van der Waals surface area contributed by atoms with Crippen molar-refractivity contribution in [1.29, 1.82) is 0 Å². The van der Waals surface area contributed by atoms with Gasteiger partial charge in [-0.1, -0.05) is 23.7 Å². The van der Waals surface area contributed by atoms with E-state index < -0.39 is 10.0 Å². The van der Waals surface area contributed by atoms with Gasteiger partial charge in [0.2, 0.25) is 10.0 Å².